The van der Waals surface area contributed by atoms with E-state index in [9.17, 15) is 13.2 Å². The summed E-state index contributed by atoms with van der Waals surface area (Å²) in [5.74, 6) is -0.231. The monoisotopic (exact) mass is 332 g/mol. The summed E-state index contributed by atoms with van der Waals surface area (Å²) >= 11 is 5.92. The molecule has 0 saturated carbocycles. The lowest BCUT2D eigenvalue weighted by atomic mass is 10.2. The highest BCUT2D eigenvalue weighted by Crippen LogP contribution is 2.24. The van der Waals surface area contributed by atoms with Gasteiger partial charge < -0.3 is 4.90 Å². The number of hydrogen-bond acceptors (Lipinski definition) is 3. The summed E-state index contributed by atoms with van der Waals surface area (Å²) in [6, 6.07) is 5.65. The van der Waals surface area contributed by atoms with Gasteiger partial charge in [0.2, 0.25) is 15.9 Å². The van der Waals surface area contributed by atoms with Crippen LogP contribution in [0.4, 0.5) is 5.69 Å². The predicted octanol–water partition coefficient (Wildman–Crippen LogP) is 2.36. The smallest absolute Gasteiger partial charge is 0.246 e. The van der Waals surface area contributed by atoms with Gasteiger partial charge in [0.15, 0.2) is 0 Å². The Kier molecular flexibility index (Phi) is 6.04. The van der Waals surface area contributed by atoms with E-state index in [4.69, 9.17) is 11.6 Å². The zero-order valence-corrected chi connectivity index (χ0v) is 14.3. The van der Waals surface area contributed by atoms with Gasteiger partial charge in [0, 0.05) is 18.1 Å². The summed E-state index contributed by atoms with van der Waals surface area (Å²) in [5, 5.41) is 0.420. The van der Waals surface area contributed by atoms with Crippen molar-refractivity contribution >= 4 is 33.2 Å². The molecule has 0 spiro atoms. The van der Waals surface area contributed by atoms with E-state index in [1.807, 2.05) is 13.8 Å². The molecular formula is C14H21ClN2O3S. The highest BCUT2D eigenvalue weighted by molar-refractivity contribution is 7.92. The van der Waals surface area contributed by atoms with E-state index in [0.29, 0.717) is 23.8 Å². The average Bonchev–Trinajstić information content (AvgIpc) is 2.38. The van der Waals surface area contributed by atoms with Crippen LogP contribution < -0.4 is 4.31 Å². The summed E-state index contributed by atoms with van der Waals surface area (Å²) in [4.78, 5) is 14.0. The Morgan fingerprint density at radius 2 is 1.86 bits per heavy atom. The average molecular weight is 333 g/mol. The van der Waals surface area contributed by atoms with Crippen LogP contribution in [0.2, 0.25) is 5.02 Å². The van der Waals surface area contributed by atoms with Gasteiger partial charge in [-0.3, -0.25) is 9.10 Å². The van der Waals surface area contributed by atoms with E-state index in [1.54, 1.807) is 30.0 Å². The van der Waals surface area contributed by atoms with Crippen LogP contribution >= 0.6 is 11.6 Å². The van der Waals surface area contributed by atoms with Crippen LogP contribution in [0.3, 0.4) is 0 Å². The minimum Gasteiger partial charge on any atom is -0.341 e. The fourth-order valence-electron chi connectivity index (χ4n) is 2.22. The maximum atomic E-state index is 12.4. The summed E-state index contributed by atoms with van der Waals surface area (Å²) in [7, 11) is -3.60. The molecule has 1 rings (SSSR count). The molecule has 0 aliphatic heterocycles. The number of hydrogen-bond donors (Lipinski definition) is 0. The largest absolute Gasteiger partial charge is 0.341 e. The number of amides is 1. The summed E-state index contributed by atoms with van der Waals surface area (Å²) in [5.41, 5.74) is 0.387. The maximum absolute atomic E-state index is 12.4. The van der Waals surface area contributed by atoms with E-state index < -0.39 is 16.1 Å². The second-order valence-corrected chi connectivity index (χ2v) is 7.02. The van der Waals surface area contributed by atoms with Crippen molar-refractivity contribution in [2.45, 2.75) is 26.8 Å². The predicted molar refractivity (Wildman–Crippen MR) is 86.2 cm³/mol. The first-order valence-electron chi connectivity index (χ1n) is 6.76. The topological polar surface area (TPSA) is 57.7 Å². The second-order valence-electron chi connectivity index (χ2n) is 4.73. The fourth-order valence-corrected chi connectivity index (χ4v) is 3.56. The third kappa shape index (κ3) is 4.35. The molecule has 0 unspecified atom stereocenters. The normalized spacial score (nSPS) is 12.8. The molecule has 21 heavy (non-hydrogen) atoms. The first-order valence-corrected chi connectivity index (χ1v) is 8.98. The molecule has 0 heterocycles. The molecule has 0 aliphatic carbocycles. The Morgan fingerprint density at radius 3 is 2.29 bits per heavy atom. The molecule has 1 atom stereocenters. The van der Waals surface area contributed by atoms with Gasteiger partial charge in [0.05, 0.1) is 11.9 Å². The Hall–Kier alpha value is -1.27. The third-order valence-electron chi connectivity index (χ3n) is 3.20. The van der Waals surface area contributed by atoms with Gasteiger partial charge >= 0.3 is 0 Å². The van der Waals surface area contributed by atoms with Crippen LogP contribution in [0.1, 0.15) is 20.8 Å². The van der Waals surface area contributed by atoms with Gasteiger partial charge in [-0.1, -0.05) is 17.7 Å². The second kappa shape index (κ2) is 7.13. The SMILES string of the molecule is CCN(CC)C(=O)[C@H](C)N(c1cccc(Cl)c1)S(C)(=O)=O. The third-order valence-corrected chi connectivity index (χ3v) is 4.68. The molecular weight excluding hydrogens is 312 g/mol. The lowest BCUT2D eigenvalue weighted by Crippen LogP contribution is -2.49. The van der Waals surface area contributed by atoms with E-state index >= 15 is 0 Å². The van der Waals surface area contributed by atoms with Crippen molar-refractivity contribution < 1.29 is 13.2 Å². The minimum atomic E-state index is -3.60. The number of sulfonamides is 1. The molecule has 118 valence electrons. The highest BCUT2D eigenvalue weighted by Gasteiger charge is 2.31. The van der Waals surface area contributed by atoms with Crippen molar-refractivity contribution in [2.75, 3.05) is 23.7 Å². The molecule has 0 aliphatic rings. The first kappa shape index (κ1) is 17.8. The van der Waals surface area contributed by atoms with Crippen LogP contribution in [-0.4, -0.2) is 44.6 Å². The number of benzene rings is 1. The van der Waals surface area contributed by atoms with Crippen molar-refractivity contribution in [3.05, 3.63) is 29.3 Å². The summed E-state index contributed by atoms with van der Waals surface area (Å²) in [6.07, 6.45) is 1.08. The van der Waals surface area contributed by atoms with E-state index in [2.05, 4.69) is 0 Å². The van der Waals surface area contributed by atoms with Crippen molar-refractivity contribution in [3.8, 4) is 0 Å². The van der Waals surface area contributed by atoms with Crippen LogP contribution in [0.15, 0.2) is 24.3 Å². The van der Waals surface area contributed by atoms with Crippen molar-refractivity contribution in [3.63, 3.8) is 0 Å². The summed E-state index contributed by atoms with van der Waals surface area (Å²) < 4.78 is 25.3. The van der Waals surface area contributed by atoms with Gasteiger partial charge in [0.1, 0.15) is 6.04 Å². The lowest BCUT2D eigenvalue weighted by molar-refractivity contribution is -0.131. The van der Waals surface area contributed by atoms with Gasteiger partial charge in [-0.2, -0.15) is 0 Å². The number of rotatable bonds is 6. The van der Waals surface area contributed by atoms with Gasteiger partial charge in [-0.15, -0.1) is 0 Å². The van der Waals surface area contributed by atoms with E-state index in [1.165, 1.54) is 6.07 Å². The molecule has 1 aromatic rings. The number of likely N-dealkylation sites (N-methyl/N-ethyl adjacent to an activating group) is 1. The quantitative estimate of drug-likeness (QED) is 0.803. The number of carbonyl (C=O) groups excluding carboxylic acids is 1. The molecule has 1 aromatic carbocycles. The molecule has 0 N–H and O–H groups in total. The van der Waals surface area contributed by atoms with Crippen LogP contribution in [-0.2, 0) is 14.8 Å². The number of nitrogens with zero attached hydrogens (tertiary/aromatic N) is 2. The minimum absolute atomic E-state index is 0.231. The zero-order chi connectivity index (χ0) is 16.2. The van der Waals surface area contributed by atoms with Crippen LogP contribution in [0.25, 0.3) is 0 Å². The Bertz CT molecular complexity index is 600. The molecule has 5 nitrogen and oxygen atoms in total. The van der Waals surface area contributed by atoms with Crippen molar-refractivity contribution in [1.29, 1.82) is 0 Å². The van der Waals surface area contributed by atoms with Crippen molar-refractivity contribution in [1.82, 2.24) is 4.90 Å². The number of carbonyl (C=O) groups is 1. The fraction of sp³-hybridized carbons (Fsp3) is 0.500. The molecule has 0 radical (unpaired) electrons. The lowest BCUT2D eigenvalue weighted by Gasteiger charge is -2.31. The maximum Gasteiger partial charge on any atom is 0.246 e. The van der Waals surface area contributed by atoms with E-state index in [0.717, 1.165) is 10.6 Å². The number of anilines is 1. The Morgan fingerprint density at radius 1 is 1.29 bits per heavy atom. The molecule has 7 heteroatoms. The Balaban J connectivity index is 3.24. The first-order chi connectivity index (χ1) is 9.72. The summed E-state index contributed by atoms with van der Waals surface area (Å²) in [6.45, 7) is 6.37. The molecule has 1 amide bonds. The van der Waals surface area contributed by atoms with Crippen LogP contribution in [0, 0.1) is 0 Å². The Labute approximate surface area is 131 Å². The van der Waals surface area contributed by atoms with Gasteiger partial charge in [-0.05, 0) is 39.0 Å². The molecule has 0 fully saturated rings. The van der Waals surface area contributed by atoms with E-state index in [-0.39, 0.29) is 5.91 Å². The zero-order valence-electron chi connectivity index (χ0n) is 12.7. The molecule has 0 bridgehead atoms. The molecule has 0 saturated heterocycles. The van der Waals surface area contributed by atoms with Gasteiger partial charge in [0.25, 0.3) is 0 Å². The standard InChI is InChI=1S/C14H21ClN2O3S/c1-5-16(6-2)14(18)11(3)17(21(4,19)20)13-9-7-8-12(15)10-13/h7-11H,5-6H2,1-4H3/t11-/m0/s1. The molecule has 0 aromatic heterocycles. The van der Waals surface area contributed by atoms with Gasteiger partial charge in [-0.25, -0.2) is 8.42 Å². The van der Waals surface area contributed by atoms with Crippen molar-refractivity contribution in [2.24, 2.45) is 0 Å². The number of halogens is 1. The highest BCUT2D eigenvalue weighted by atomic mass is 35.5. The van der Waals surface area contributed by atoms with Crippen LogP contribution in [0.5, 0.6) is 0 Å².